The number of hydrogen-bond donors (Lipinski definition) is 1. The Hall–Kier alpha value is -2.45. The molecule has 0 saturated carbocycles. The Balaban J connectivity index is 1.64. The maximum atomic E-state index is 12.6. The molecule has 1 fully saturated rings. The Morgan fingerprint density at radius 1 is 1.27 bits per heavy atom. The molecule has 0 radical (unpaired) electrons. The molecule has 1 saturated heterocycles. The first-order chi connectivity index (χ1) is 12.7. The van der Waals surface area contributed by atoms with Gasteiger partial charge in [0.05, 0.1) is 17.7 Å². The molecule has 1 aliphatic heterocycles. The Kier molecular flexibility index (Phi) is 6.19. The molecule has 0 unspecified atom stereocenters. The third-order valence-corrected chi connectivity index (χ3v) is 5.68. The van der Waals surface area contributed by atoms with Gasteiger partial charge in [-0.3, -0.25) is 0 Å². The average molecular weight is 366 g/mol. The molecule has 5 heteroatoms. The molecule has 26 heavy (non-hydrogen) atoms. The molecular formula is C21H23N3OS. The Labute approximate surface area is 159 Å². The Morgan fingerprint density at radius 3 is 2.81 bits per heavy atom. The summed E-state index contributed by atoms with van der Waals surface area (Å²) in [6.45, 7) is 3.31. The first-order valence-electron chi connectivity index (χ1n) is 8.88. The van der Waals surface area contributed by atoms with E-state index in [1.165, 1.54) is 11.1 Å². The maximum Gasteiger partial charge on any atom is 0.321 e. The zero-order valence-corrected chi connectivity index (χ0v) is 15.8. The topological polar surface area (TPSA) is 56.1 Å². The van der Waals surface area contributed by atoms with E-state index in [1.54, 1.807) is 16.7 Å². The van der Waals surface area contributed by atoms with E-state index in [4.69, 9.17) is 5.26 Å². The van der Waals surface area contributed by atoms with Crippen LogP contribution in [-0.4, -0.2) is 24.0 Å². The van der Waals surface area contributed by atoms with Gasteiger partial charge in [0.25, 0.3) is 0 Å². The SMILES string of the molecule is Cc1ccc(CSc2ccccc2NC(=O)N2CCC[C@H](C#N)C2)cc1. The van der Waals surface area contributed by atoms with Gasteiger partial charge in [-0.25, -0.2) is 4.79 Å². The van der Waals surface area contributed by atoms with Crippen molar-refractivity contribution in [3.05, 3.63) is 59.7 Å². The molecule has 1 atom stereocenters. The van der Waals surface area contributed by atoms with E-state index in [2.05, 4.69) is 42.6 Å². The molecule has 1 heterocycles. The summed E-state index contributed by atoms with van der Waals surface area (Å²) in [5.74, 6) is 0.800. The maximum absolute atomic E-state index is 12.6. The van der Waals surface area contributed by atoms with Crippen molar-refractivity contribution in [2.24, 2.45) is 5.92 Å². The monoisotopic (exact) mass is 365 g/mol. The number of carbonyl (C=O) groups excluding carboxylic acids is 1. The molecule has 2 amide bonds. The van der Waals surface area contributed by atoms with E-state index in [-0.39, 0.29) is 11.9 Å². The van der Waals surface area contributed by atoms with Crippen LogP contribution >= 0.6 is 11.8 Å². The van der Waals surface area contributed by atoms with Crippen LogP contribution in [0.25, 0.3) is 0 Å². The lowest BCUT2D eigenvalue weighted by Crippen LogP contribution is -2.42. The second-order valence-electron chi connectivity index (χ2n) is 6.61. The summed E-state index contributed by atoms with van der Waals surface area (Å²) >= 11 is 1.71. The lowest BCUT2D eigenvalue weighted by molar-refractivity contribution is 0.189. The highest BCUT2D eigenvalue weighted by Crippen LogP contribution is 2.30. The molecule has 134 valence electrons. The number of thioether (sulfide) groups is 1. The summed E-state index contributed by atoms with van der Waals surface area (Å²) in [5.41, 5.74) is 3.34. The fourth-order valence-corrected chi connectivity index (χ4v) is 3.97. The number of nitrogens with zero attached hydrogens (tertiary/aromatic N) is 2. The van der Waals surface area contributed by atoms with Crippen LogP contribution in [0.15, 0.2) is 53.4 Å². The van der Waals surface area contributed by atoms with Gasteiger partial charge in [-0.05, 0) is 37.5 Å². The highest BCUT2D eigenvalue weighted by Gasteiger charge is 2.23. The number of hydrogen-bond acceptors (Lipinski definition) is 3. The van der Waals surface area contributed by atoms with Crippen LogP contribution in [0.1, 0.15) is 24.0 Å². The Bertz CT molecular complexity index is 798. The molecule has 1 aliphatic rings. The van der Waals surface area contributed by atoms with E-state index in [0.717, 1.165) is 29.2 Å². The third kappa shape index (κ3) is 4.80. The summed E-state index contributed by atoms with van der Waals surface area (Å²) in [6, 6.07) is 18.6. The number of nitrogens with one attached hydrogen (secondary N) is 1. The van der Waals surface area contributed by atoms with Gasteiger partial charge in [0, 0.05) is 23.7 Å². The van der Waals surface area contributed by atoms with Gasteiger partial charge in [0.1, 0.15) is 0 Å². The number of anilines is 1. The van der Waals surface area contributed by atoms with Crippen molar-refractivity contribution in [3.63, 3.8) is 0 Å². The van der Waals surface area contributed by atoms with Gasteiger partial charge in [0.2, 0.25) is 0 Å². The van der Waals surface area contributed by atoms with Crippen molar-refractivity contribution >= 4 is 23.5 Å². The number of likely N-dealkylation sites (tertiary alicyclic amines) is 1. The van der Waals surface area contributed by atoms with E-state index >= 15 is 0 Å². The second-order valence-corrected chi connectivity index (χ2v) is 7.63. The number of nitriles is 1. The van der Waals surface area contributed by atoms with Crippen molar-refractivity contribution in [3.8, 4) is 6.07 Å². The van der Waals surface area contributed by atoms with E-state index in [1.807, 2.05) is 24.3 Å². The zero-order valence-electron chi connectivity index (χ0n) is 14.9. The summed E-state index contributed by atoms with van der Waals surface area (Å²) in [4.78, 5) is 15.4. The molecular weight excluding hydrogens is 342 g/mol. The third-order valence-electron chi connectivity index (χ3n) is 4.53. The minimum absolute atomic E-state index is 0.0549. The van der Waals surface area contributed by atoms with Gasteiger partial charge >= 0.3 is 6.03 Å². The van der Waals surface area contributed by atoms with Crippen molar-refractivity contribution in [1.82, 2.24) is 4.90 Å². The first-order valence-corrected chi connectivity index (χ1v) is 9.87. The lowest BCUT2D eigenvalue weighted by Gasteiger charge is -2.29. The minimum atomic E-state index is -0.117. The highest BCUT2D eigenvalue weighted by atomic mass is 32.2. The number of piperidine rings is 1. The van der Waals surface area contributed by atoms with Gasteiger partial charge in [0.15, 0.2) is 0 Å². The number of benzene rings is 2. The van der Waals surface area contributed by atoms with E-state index in [9.17, 15) is 4.79 Å². The summed E-state index contributed by atoms with van der Waals surface area (Å²) in [6.07, 6.45) is 1.76. The molecule has 2 aromatic rings. The number of amides is 2. The average Bonchev–Trinajstić information content (AvgIpc) is 2.68. The van der Waals surface area contributed by atoms with Crippen LogP contribution in [0, 0.1) is 24.2 Å². The zero-order chi connectivity index (χ0) is 18.4. The quantitative estimate of drug-likeness (QED) is 0.771. The fourth-order valence-electron chi connectivity index (χ4n) is 3.00. The van der Waals surface area contributed by atoms with Crippen LogP contribution in [-0.2, 0) is 5.75 Å². The number of rotatable bonds is 4. The van der Waals surface area contributed by atoms with Crippen molar-refractivity contribution in [2.75, 3.05) is 18.4 Å². The lowest BCUT2D eigenvalue weighted by atomic mass is 10.0. The van der Waals surface area contributed by atoms with Gasteiger partial charge in [-0.1, -0.05) is 42.0 Å². The minimum Gasteiger partial charge on any atom is -0.323 e. The fraction of sp³-hybridized carbons (Fsp3) is 0.333. The van der Waals surface area contributed by atoms with Crippen molar-refractivity contribution in [2.45, 2.75) is 30.4 Å². The van der Waals surface area contributed by atoms with Crippen molar-refractivity contribution in [1.29, 1.82) is 5.26 Å². The molecule has 0 aromatic heterocycles. The number of carbonyl (C=O) groups is 1. The van der Waals surface area contributed by atoms with E-state index in [0.29, 0.717) is 13.1 Å². The van der Waals surface area contributed by atoms with Crippen LogP contribution in [0.2, 0.25) is 0 Å². The largest absolute Gasteiger partial charge is 0.323 e. The predicted octanol–water partition coefficient (Wildman–Crippen LogP) is 5.05. The Morgan fingerprint density at radius 2 is 2.04 bits per heavy atom. The van der Waals surface area contributed by atoms with Crippen LogP contribution in [0.3, 0.4) is 0 Å². The van der Waals surface area contributed by atoms with Gasteiger partial charge in [-0.2, -0.15) is 5.26 Å². The highest BCUT2D eigenvalue weighted by molar-refractivity contribution is 7.98. The molecule has 0 spiro atoms. The van der Waals surface area contributed by atoms with Crippen molar-refractivity contribution < 1.29 is 4.79 Å². The second kappa shape index (κ2) is 8.77. The molecule has 0 bridgehead atoms. The number of aryl methyl sites for hydroxylation is 1. The van der Waals surface area contributed by atoms with Crippen LogP contribution in [0.5, 0.6) is 0 Å². The standard InChI is InChI=1S/C21H23N3OS/c1-16-8-10-17(11-9-16)15-26-20-7-3-2-6-19(20)23-21(25)24-12-4-5-18(13-22)14-24/h2-3,6-11,18H,4-5,12,14-15H2,1H3,(H,23,25)/t18-/m1/s1. The van der Waals surface area contributed by atoms with E-state index < -0.39 is 0 Å². The summed E-state index contributed by atoms with van der Waals surface area (Å²) in [5, 5.41) is 12.1. The van der Waals surface area contributed by atoms with Gasteiger partial charge in [-0.15, -0.1) is 11.8 Å². The number of urea groups is 1. The number of para-hydroxylation sites is 1. The summed E-state index contributed by atoms with van der Waals surface area (Å²) < 4.78 is 0. The normalized spacial score (nSPS) is 16.8. The van der Waals surface area contributed by atoms with Crippen LogP contribution in [0.4, 0.5) is 10.5 Å². The molecule has 3 rings (SSSR count). The first kappa shape index (κ1) is 18.3. The smallest absolute Gasteiger partial charge is 0.321 e. The van der Waals surface area contributed by atoms with Gasteiger partial charge < -0.3 is 10.2 Å². The summed E-state index contributed by atoms with van der Waals surface area (Å²) in [7, 11) is 0. The molecule has 2 aromatic carbocycles. The molecule has 4 nitrogen and oxygen atoms in total. The molecule has 1 N–H and O–H groups in total. The molecule has 0 aliphatic carbocycles. The van der Waals surface area contributed by atoms with Crippen LogP contribution < -0.4 is 5.32 Å². The predicted molar refractivity (Wildman–Crippen MR) is 106 cm³/mol.